The van der Waals surface area contributed by atoms with Crippen molar-refractivity contribution in [2.75, 3.05) is 13.3 Å². The molecule has 9 heteroatoms. The molecule has 8 nitrogen and oxygen atoms in total. The lowest BCUT2D eigenvalue weighted by Crippen LogP contribution is -2.37. The van der Waals surface area contributed by atoms with E-state index in [4.69, 9.17) is 15.2 Å². The summed E-state index contributed by atoms with van der Waals surface area (Å²) in [7, 11) is 0. The van der Waals surface area contributed by atoms with Crippen molar-refractivity contribution in [1.29, 1.82) is 0 Å². The minimum Gasteiger partial charge on any atom is -0.454 e. The molecule has 0 saturated heterocycles. The molecule has 0 atom stereocenters. The van der Waals surface area contributed by atoms with Crippen LogP contribution in [0.5, 0.6) is 11.5 Å². The van der Waals surface area contributed by atoms with Crippen molar-refractivity contribution in [3.05, 3.63) is 69.2 Å². The number of fused-ring (bicyclic) bond motifs is 1. The molecule has 2 aromatic heterocycles. The third-order valence-corrected chi connectivity index (χ3v) is 8.36. The molecule has 38 heavy (non-hydrogen) atoms. The lowest BCUT2D eigenvalue weighted by molar-refractivity contribution is -0.132. The highest BCUT2D eigenvalue weighted by atomic mass is 32.1. The van der Waals surface area contributed by atoms with Crippen LogP contribution >= 0.6 is 11.3 Å². The van der Waals surface area contributed by atoms with Gasteiger partial charge in [0.2, 0.25) is 12.7 Å². The molecule has 1 aliphatic heterocycles. The van der Waals surface area contributed by atoms with Gasteiger partial charge in [-0.2, -0.15) is 0 Å². The van der Waals surface area contributed by atoms with Crippen molar-refractivity contribution in [2.45, 2.75) is 58.5 Å². The van der Waals surface area contributed by atoms with Gasteiger partial charge in [0, 0.05) is 23.5 Å². The zero-order valence-corrected chi connectivity index (χ0v) is 22.4. The van der Waals surface area contributed by atoms with Gasteiger partial charge in [0.1, 0.15) is 0 Å². The maximum atomic E-state index is 13.8. The largest absolute Gasteiger partial charge is 0.454 e. The number of benzene rings is 1. The zero-order chi connectivity index (χ0) is 26.6. The van der Waals surface area contributed by atoms with Crippen LogP contribution in [0.25, 0.3) is 0 Å². The van der Waals surface area contributed by atoms with Gasteiger partial charge < -0.3 is 24.7 Å². The van der Waals surface area contributed by atoms with Gasteiger partial charge >= 0.3 is 0 Å². The van der Waals surface area contributed by atoms with Crippen molar-refractivity contribution in [3.8, 4) is 11.5 Å². The maximum absolute atomic E-state index is 13.8. The summed E-state index contributed by atoms with van der Waals surface area (Å²) in [5.41, 5.74) is 7.83. The summed E-state index contributed by atoms with van der Waals surface area (Å²) < 4.78 is 12.8. The number of ether oxygens (including phenoxy) is 2. The number of rotatable bonds is 10. The van der Waals surface area contributed by atoms with Crippen LogP contribution in [-0.4, -0.2) is 40.4 Å². The SMILES string of the molecule is Cc1c(C(N)=O)cc(C(=O)CN(Cc2ccc3c(c2)OCO3)C(=O)CC2CCCCC2)n1Cc1cccs1. The molecule has 2 aliphatic rings. The van der Waals surface area contributed by atoms with Crippen LogP contribution in [0.3, 0.4) is 0 Å². The second kappa shape index (κ2) is 11.4. The number of aromatic nitrogens is 1. The Kier molecular flexibility index (Phi) is 7.83. The van der Waals surface area contributed by atoms with Crippen LogP contribution in [0.15, 0.2) is 41.8 Å². The van der Waals surface area contributed by atoms with Crippen molar-refractivity contribution < 1.29 is 23.9 Å². The van der Waals surface area contributed by atoms with Gasteiger partial charge in [-0.3, -0.25) is 14.4 Å². The number of carbonyl (C=O) groups excluding carboxylic acids is 3. The van der Waals surface area contributed by atoms with E-state index >= 15 is 0 Å². The van der Waals surface area contributed by atoms with Gasteiger partial charge in [-0.15, -0.1) is 11.3 Å². The molecular formula is C29H33N3O5S. The number of hydrogen-bond acceptors (Lipinski definition) is 6. The summed E-state index contributed by atoms with van der Waals surface area (Å²) in [6.07, 6.45) is 6.02. The van der Waals surface area contributed by atoms with E-state index in [0.717, 1.165) is 36.1 Å². The Labute approximate surface area is 226 Å². The molecule has 2 N–H and O–H groups in total. The summed E-state index contributed by atoms with van der Waals surface area (Å²) in [5, 5.41) is 1.97. The normalized spacial score (nSPS) is 15.0. The Morgan fingerprint density at radius 3 is 2.61 bits per heavy atom. The van der Waals surface area contributed by atoms with Crippen LogP contribution in [0.2, 0.25) is 0 Å². The first kappa shape index (κ1) is 26.0. The molecule has 2 amide bonds. The molecule has 1 aliphatic carbocycles. The molecule has 0 bridgehead atoms. The van der Waals surface area contributed by atoms with E-state index in [2.05, 4.69) is 0 Å². The minimum absolute atomic E-state index is 0.0360. The molecule has 1 fully saturated rings. The molecule has 5 rings (SSSR count). The van der Waals surface area contributed by atoms with Gasteiger partial charge in [0.15, 0.2) is 17.3 Å². The highest BCUT2D eigenvalue weighted by Crippen LogP contribution is 2.33. The highest BCUT2D eigenvalue weighted by Gasteiger charge is 2.27. The Balaban J connectivity index is 1.41. The van der Waals surface area contributed by atoms with Crippen LogP contribution in [0.4, 0.5) is 0 Å². The Morgan fingerprint density at radius 1 is 1.08 bits per heavy atom. The first-order valence-corrected chi connectivity index (χ1v) is 14.0. The van der Waals surface area contributed by atoms with E-state index in [1.807, 2.05) is 40.3 Å². The summed E-state index contributed by atoms with van der Waals surface area (Å²) in [6, 6.07) is 11.1. The molecular weight excluding hydrogens is 502 g/mol. The average Bonchev–Trinajstić information content (AvgIpc) is 3.65. The van der Waals surface area contributed by atoms with E-state index in [0.29, 0.717) is 47.3 Å². The van der Waals surface area contributed by atoms with E-state index < -0.39 is 5.91 Å². The number of ketones is 1. The fraction of sp³-hybridized carbons (Fsp3) is 0.414. The number of nitrogens with zero attached hydrogens (tertiary/aromatic N) is 2. The van der Waals surface area contributed by atoms with Crippen LogP contribution < -0.4 is 15.2 Å². The lowest BCUT2D eigenvalue weighted by atomic mass is 9.86. The zero-order valence-electron chi connectivity index (χ0n) is 21.6. The predicted molar refractivity (Wildman–Crippen MR) is 145 cm³/mol. The summed E-state index contributed by atoms with van der Waals surface area (Å²) >= 11 is 1.58. The molecule has 0 spiro atoms. The van der Waals surface area contributed by atoms with Crippen molar-refractivity contribution >= 4 is 28.9 Å². The number of primary amides is 1. The van der Waals surface area contributed by atoms with E-state index in [9.17, 15) is 14.4 Å². The van der Waals surface area contributed by atoms with Crippen molar-refractivity contribution in [3.63, 3.8) is 0 Å². The van der Waals surface area contributed by atoms with E-state index in [1.54, 1.807) is 29.2 Å². The number of amides is 2. The summed E-state index contributed by atoms with van der Waals surface area (Å²) in [4.78, 5) is 42.1. The van der Waals surface area contributed by atoms with Gasteiger partial charge in [-0.1, -0.05) is 31.4 Å². The number of nitrogens with two attached hydrogens (primary N) is 1. The molecule has 1 saturated carbocycles. The average molecular weight is 536 g/mol. The highest BCUT2D eigenvalue weighted by molar-refractivity contribution is 7.09. The second-order valence-electron chi connectivity index (χ2n) is 10.1. The lowest BCUT2D eigenvalue weighted by Gasteiger charge is -2.27. The summed E-state index contributed by atoms with van der Waals surface area (Å²) in [5.74, 6) is 0.816. The van der Waals surface area contributed by atoms with Crippen LogP contribution in [-0.2, 0) is 17.9 Å². The van der Waals surface area contributed by atoms with Gasteiger partial charge in [-0.05, 0) is 60.9 Å². The van der Waals surface area contributed by atoms with Crippen molar-refractivity contribution in [1.82, 2.24) is 9.47 Å². The topological polar surface area (TPSA) is 104 Å². The molecule has 0 radical (unpaired) electrons. The monoisotopic (exact) mass is 535 g/mol. The third kappa shape index (κ3) is 5.78. The Morgan fingerprint density at radius 2 is 1.87 bits per heavy atom. The first-order chi connectivity index (χ1) is 18.4. The quantitative estimate of drug-likeness (QED) is 0.371. The second-order valence-corrected chi connectivity index (χ2v) is 11.2. The minimum atomic E-state index is -0.577. The molecule has 200 valence electrons. The predicted octanol–water partition coefficient (Wildman–Crippen LogP) is 4.92. The Bertz CT molecular complexity index is 1320. The van der Waals surface area contributed by atoms with Crippen LogP contribution in [0.1, 0.15) is 75.5 Å². The molecule has 0 unspecified atom stereocenters. The van der Waals surface area contributed by atoms with Gasteiger partial charge in [0.05, 0.1) is 24.3 Å². The number of thiophene rings is 1. The van der Waals surface area contributed by atoms with Gasteiger partial charge in [0.25, 0.3) is 5.91 Å². The Hall–Kier alpha value is -3.59. The fourth-order valence-corrected chi connectivity index (χ4v) is 6.09. The molecule has 1 aromatic carbocycles. The molecule has 3 heterocycles. The van der Waals surface area contributed by atoms with Gasteiger partial charge in [-0.25, -0.2) is 0 Å². The fourth-order valence-electron chi connectivity index (χ4n) is 5.40. The van der Waals surface area contributed by atoms with Crippen LogP contribution in [0, 0.1) is 12.8 Å². The number of hydrogen-bond donors (Lipinski definition) is 1. The first-order valence-electron chi connectivity index (χ1n) is 13.1. The van der Waals surface area contributed by atoms with Crippen molar-refractivity contribution in [2.24, 2.45) is 11.7 Å². The summed E-state index contributed by atoms with van der Waals surface area (Å²) in [6.45, 7) is 2.61. The van der Waals surface area contributed by atoms with E-state index in [-0.39, 0.29) is 31.6 Å². The van der Waals surface area contributed by atoms with E-state index in [1.165, 1.54) is 6.42 Å². The number of carbonyl (C=O) groups is 3. The molecule has 3 aromatic rings. The smallest absolute Gasteiger partial charge is 0.250 e. The maximum Gasteiger partial charge on any atom is 0.250 e. The third-order valence-electron chi connectivity index (χ3n) is 7.50. The number of Topliss-reactive ketones (excluding diaryl/α,β-unsaturated/α-hetero) is 1. The standard InChI is InChI=1S/C29H33N3O5S/c1-19-23(29(30)35)14-24(32(19)16-22-8-5-11-38-22)25(33)17-31(28(34)13-20-6-3-2-4-7-20)15-21-9-10-26-27(12-21)37-18-36-26/h5,8-12,14,20H,2-4,6-7,13,15-18H2,1H3,(H2,30,35).